The molecular formula is C25H32N4O3. The van der Waals surface area contributed by atoms with Crippen LogP contribution in [-0.4, -0.2) is 78.6 Å². The average molecular weight is 437 g/mol. The highest BCUT2D eigenvalue weighted by Crippen LogP contribution is 2.37. The zero-order valence-corrected chi connectivity index (χ0v) is 18.6. The first kappa shape index (κ1) is 22.5. The van der Waals surface area contributed by atoms with Crippen LogP contribution in [0.1, 0.15) is 34.7 Å². The summed E-state index contributed by atoms with van der Waals surface area (Å²) in [7, 11) is 1.93. The van der Waals surface area contributed by atoms with Crippen LogP contribution in [0.4, 0.5) is 0 Å². The minimum Gasteiger partial charge on any atom is -0.380 e. The highest BCUT2D eigenvalue weighted by molar-refractivity contribution is 5.95. The van der Waals surface area contributed by atoms with Crippen molar-refractivity contribution in [3.8, 4) is 11.1 Å². The molecule has 1 unspecified atom stereocenters. The third kappa shape index (κ3) is 4.70. The molecule has 4 N–H and O–H groups in total. The first-order valence-corrected chi connectivity index (χ1v) is 11.3. The molecule has 0 aromatic heterocycles. The van der Waals surface area contributed by atoms with Crippen molar-refractivity contribution in [2.75, 3.05) is 46.3 Å². The van der Waals surface area contributed by atoms with Gasteiger partial charge in [0.1, 0.15) is 5.60 Å². The summed E-state index contributed by atoms with van der Waals surface area (Å²) in [5.74, 6) is 0.0719. The van der Waals surface area contributed by atoms with Crippen LogP contribution < -0.4 is 11.1 Å². The summed E-state index contributed by atoms with van der Waals surface area (Å²) >= 11 is 0. The summed E-state index contributed by atoms with van der Waals surface area (Å²) in [6.45, 7) is 3.34. The molecule has 32 heavy (non-hydrogen) atoms. The van der Waals surface area contributed by atoms with Gasteiger partial charge in [-0.3, -0.25) is 9.59 Å². The van der Waals surface area contributed by atoms with Crippen molar-refractivity contribution in [2.45, 2.75) is 24.4 Å². The van der Waals surface area contributed by atoms with Crippen molar-refractivity contribution in [3.63, 3.8) is 0 Å². The van der Waals surface area contributed by atoms with Gasteiger partial charge in [0, 0.05) is 50.7 Å². The molecule has 2 amide bonds. The van der Waals surface area contributed by atoms with Crippen molar-refractivity contribution >= 4 is 11.8 Å². The van der Waals surface area contributed by atoms with E-state index in [1.54, 1.807) is 9.80 Å². The lowest BCUT2D eigenvalue weighted by atomic mass is 9.96. The van der Waals surface area contributed by atoms with Crippen LogP contribution >= 0.6 is 0 Å². The maximum absolute atomic E-state index is 12.9. The van der Waals surface area contributed by atoms with Gasteiger partial charge < -0.3 is 26.0 Å². The molecule has 1 aliphatic carbocycles. The number of carbonyl (C=O) groups is 2. The molecule has 0 spiro atoms. The Morgan fingerprint density at radius 1 is 0.969 bits per heavy atom. The molecule has 7 nitrogen and oxygen atoms in total. The van der Waals surface area contributed by atoms with Gasteiger partial charge in [-0.2, -0.15) is 0 Å². The van der Waals surface area contributed by atoms with Gasteiger partial charge in [-0.1, -0.05) is 36.4 Å². The van der Waals surface area contributed by atoms with Crippen LogP contribution in [0.25, 0.3) is 11.1 Å². The van der Waals surface area contributed by atoms with E-state index in [4.69, 9.17) is 5.73 Å². The number of aliphatic hydroxyl groups is 1. The number of piperazine rings is 1. The van der Waals surface area contributed by atoms with Crippen molar-refractivity contribution in [1.82, 2.24) is 15.1 Å². The maximum Gasteiger partial charge on any atom is 0.254 e. The zero-order valence-electron chi connectivity index (χ0n) is 18.6. The second kappa shape index (κ2) is 9.40. The normalized spacial score (nSPS) is 18.3. The maximum atomic E-state index is 12.9. The Kier molecular flexibility index (Phi) is 6.60. The Morgan fingerprint density at radius 2 is 1.50 bits per heavy atom. The molecule has 1 heterocycles. The second-order valence-corrected chi connectivity index (χ2v) is 8.81. The van der Waals surface area contributed by atoms with Crippen LogP contribution in [0.3, 0.4) is 0 Å². The predicted molar refractivity (Wildman–Crippen MR) is 124 cm³/mol. The number of likely N-dealkylation sites (N-methyl/N-ethyl adjacent to an activating group) is 1. The molecule has 2 fully saturated rings. The zero-order chi connectivity index (χ0) is 22.7. The first-order valence-electron chi connectivity index (χ1n) is 11.3. The summed E-state index contributed by atoms with van der Waals surface area (Å²) in [5.41, 5.74) is 8.75. The minimum absolute atomic E-state index is 0.0259. The van der Waals surface area contributed by atoms with E-state index < -0.39 is 5.60 Å². The van der Waals surface area contributed by atoms with Crippen LogP contribution in [0, 0.1) is 0 Å². The van der Waals surface area contributed by atoms with E-state index in [0.29, 0.717) is 51.1 Å². The highest BCUT2D eigenvalue weighted by Gasteiger charge is 2.50. The number of amides is 2. The molecular weight excluding hydrogens is 404 g/mol. The number of hydrogen-bond acceptors (Lipinski definition) is 5. The molecule has 2 aromatic rings. The minimum atomic E-state index is -1.14. The van der Waals surface area contributed by atoms with Crippen molar-refractivity contribution in [2.24, 2.45) is 5.73 Å². The third-order valence-electron chi connectivity index (χ3n) is 6.56. The molecule has 0 radical (unpaired) electrons. The molecule has 1 atom stereocenters. The third-order valence-corrected chi connectivity index (χ3v) is 6.56. The summed E-state index contributed by atoms with van der Waals surface area (Å²) in [6, 6.07) is 16.1. The number of nitrogens with one attached hydrogen (secondary N) is 1. The van der Waals surface area contributed by atoms with Crippen molar-refractivity contribution < 1.29 is 14.7 Å². The van der Waals surface area contributed by atoms with E-state index in [2.05, 4.69) is 29.6 Å². The lowest BCUT2D eigenvalue weighted by Gasteiger charge is -2.35. The Labute approximate surface area is 189 Å². The van der Waals surface area contributed by atoms with Gasteiger partial charge in [-0.15, -0.1) is 0 Å². The summed E-state index contributed by atoms with van der Waals surface area (Å²) in [4.78, 5) is 28.6. The topological polar surface area (TPSA) is 98.9 Å². The lowest BCUT2D eigenvalue weighted by molar-refractivity contribution is -0.143. The number of nitrogens with zero attached hydrogens (tertiary/aromatic N) is 2. The standard InChI is InChI=1S/C25H32N4O3/c1-27-17-22(16-26)20-4-2-18(3-5-20)19-6-8-21(9-7-19)23(30)28-12-14-29(15-13-28)24(31)25(32)10-11-25/h2-9,22,27,32H,10-17,26H2,1H3. The molecule has 1 saturated heterocycles. The van der Waals surface area contributed by atoms with E-state index in [9.17, 15) is 14.7 Å². The fraction of sp³-hybridized carbons (Fsp3) is 0.440. The molecule has 2 aromatic carbocycles. The highest BCUT2D eigenvalue weighted by atomic mass is 16.3. The second-order valence-electron chi connectivity index (χ2n) is 8.81. The SMILES string of the molecule is CNCC(CN)c1ccc(-c2ccc(C(=O)N3CCN(C(=O)C4(O)CC4)CC3)cc2)cc1. The Bertz CT molecular complexity index is 946. The summed E-state index contributed by atoms with van der Waals surface area (Å²) in [6.07, 6.45) is 1.09. The van der Waals surface area contributed by atoms with Gasteiger partial charge in [0.25, 0.3) is 11.8 Å². The van der Waals surface area contributed by atoms with Gasteiger partial charge in [-0.05, 0) is 48.7 Å². The quantitative estimate of drug-likeness (QED) is 0.610. The smallest absolute Gasteiger partial charge is 0.254 e. The Balaban J connectivity index is 1.36. The summed E-state index contributed by atoms with van der Waals surface area (Å²) < 4.78 is 0. The Hall–Kier alpha value is -2.74. The predicted octanol–water partition coefficient (Wildman–Crippen LogP) is 1.42. The van der Waals surface area contributed by atoms with Gasteiger partial charge in [0.15, 0.2) is 0 Å². The van der Waals surface area contributed by atoms with Crippen LogP contribution in [0.5, 0.6) is 0 Å². The molecule has 1 aliphatic heterocycles. The fourth-order valence-corrected chi connectivity index (χ4v) is 4.26. The molecule has 170 valence electrons. The molecule has 0 bridgehead atoms. The number of benzene rings is 2. The summed E-state index contributed by atoms with van der Waals surface area (Å²) in [5, 5.41) is 13.2. The van der Waals surface area contributed by atoms with E-state index >= 15 is 0 Å². The largest absolute Gasteiger partial charge is 0.380 e. The molecule has 4 rings (SSSR count). The Morgan fingerprint density at radius 3 is 2.00 bits per heavy atom. The van der Waals surface area contributed by atoms with Gasteiger partial charge in [0.2, 0.25) is 0 Å². The van der Waals surface area contributed by atoms with E-state index in [1.165, 1.54) is 5.56 Å². The van der Waals surface area contributed by atoms with E-state index in [0.717, 1.165) is 17.7 Å². The van der Waals surface area contributed by atoms with E-state index in [-0.39, 0.29) is 17.7 Å². The molecule has 2 aliphatic rings. The van der Waals surface area contributed by atoms with Crippen LogP contribution in [0.15, 0.2) is 48.5 Å². The van der Waals surface area contributed by atoms with E-state index in [1.807, 2.05) is 31.3 Å². The van der Waals surface area contributed by atoms with Gasteiger partial charge in [-0.25, -0.2) is 0 Å². The van der Waals surface area contributed by atoms with Gasteiger partial charge in [0.05, 0.1) is 0 Å². The average Bonchev–Trinajstić information content (AvgIpc) is 3.60. The number of nitrogens with two attached hydrogens (primary N) is 1. The van der Waals surface area contributed by atoms with Crippen molar-refractivity contribution in [3.05, 3.63) is 59.7 Å². The number of carbonyl (C=O) groups excluding carboxylic acids is 2. The number of rotatable bonds is 7. The first-order chi connectivity index (χ1) is 15.4. The van der Waals surface area contributed by atoms with Crippen LogP contribution in [0.2, 0.25) is 0 Å². The van der Waals surface area contributed by atoms with Crippen molar-refractivity contribution in [1.29, 1.82) is 0 Å². The fourth-order valence-electron chi connectivity index (χ4n) is 4.26. The molecule has 7 heteroatoms. The monoisotopic (exact) mass is 436 g/mol. The lowest BCUT2D eigenvalue weighted by Crippen LogP contribution is -2.53. The van der Waals surface area contributed by atoms with Crippen LogP contribution in [-0.2, 0) is 4.79 Å². The number of hydrogen-bond donors (Lipinski definition) is 3. The van der Waals surface area contributed by atoms with Gasteiger partial charge >= 0.3 is 0 Å². The molecule has 1 saturated carbocycles.